The lowest BCUT2D eigenvalue weighted by Gasteiger charge is -2.30. The molecule has 2 aromatic rings. The van der Waals surface area contributed by atoms with E-state index in [1.807, 2.05) is 56.3 Å². The van der Waals surface area contributed by atoms with Crippen LogP contribution in [-0.2, 0) is 9.59 Å². The molecule has 1 atom stereocenters. The highest BCUT2D eigenvalue weighted by Gasteiger charge is 2.46. The molecular formula is C27H34N2O3. The number of aryl methyl sites for hydroxylation is 2. The Kier molecular flexibility index (Phi) is 6.49. The molecule has 0 fully saturated rings. The van der Waals surface area contributed by atoms with Crippen LogP contribution in [0.25, 0.3) is 0 Å². The van der Waals surface area contributed by atoms with Crippen molar-refractivity contribution >= 4 is 23.1 Å². The molecule has 1 aliphatic rings. The van der Waals surface area contributed by atoms with E-state index in [9.17, 15) is 14.7 Å². The van der Waals surface area contributed by atoms with Crippen molar-refractivity contribution in [3.05, 3.63) is 70.5 Å². The molecule has 3 rings (SSSR count). The molecule has 0 saturated heterocycles. The summed E-state index contributed by atoms with van der Waals surface area (Å²) in [6.07, 6.45) is 0. The molecule has 5 nitrogen and oxygen atoms in total. The lowest BCUT2D eigenvalue weighted by molar-refractivity contribution is -0.123. The van der Waals surface area contributed by atoms with Crippen molar-refractivity contribution in [3.63, 3.8) is 0 Å². The number of hydrogen-bond acceptors (Lipinski definition) is 4. The van der Waals surface area contributed by atoms with E-state index >= 15 is 0 Å². The standard InChI is InChI=1S/C27H34N2O3/c1-8-28(9-2)20-12-10-19(11-13-20)23-22(25(31)27(5,6)7)24(30)26(32)29(23)21-15-17(3)14-18(4)16-21/h10-16,23,30H,8-9H2,1-7H3. The second-order valence-corrected chi connectivity index (χ2v) is 9.53. The van der Waals surface area contributed by atoms with Gasteiger partial charge in [0, 0.05) is 29.9 Å². The summed E-state index contributed by atoms with van der Waals surface area (Å²) in [5, 5.41) is 10.9. The van der Waals surface area contributed by atoms with Crippen LogP contribution < -0.4 is 9.80 Å². The predicted molar refractivity (Wildman–Crippen MR) is 130 cm³/mol. The molecule has 170 valence electrons. The molecule has 0 aromatic heterocycles. The van der Waals surface area contributed by atoms with E-state index < -0.39 is 23.1 Å². The monoisotopic (exact) mass is 434 g/mol. The first-order valence-corrected chi connectivity index (χ1v) is 11.2. The summed E-state index contributed by atoms with van der Waals surface area (Å²) >= 11 is 0. The van der Waals surface area contributed by atoms with Crippen molar-refractivity contribution in [2.75, 3.05) is 22.9 Å². The van der Waals surface area contributed by atoms with Gasteiger partial charge in [-0.3, -0.25) is 14.5 Å². The van der Waals surface area contributed by atoms with Crippen molar-refractivity contribution in [2.24, 2.45) is 5.41 Å². The number of anilines is 2. The van der Waals surface area contributed by atoms with Crippen molar-refractivity contribution < 1.29 is 14.7 Å². The molecule has 1 heterocycles. The van der Waals surface area contributed by atoms with Crippen LogP contribution in [-0.4, -0.2) is 29.9 Å². The van der Waals surface area contributed by atoms with Gasteiger partial charge in [-0.25, -0.2) is 0 Å². The van der Waals surface area contributed by atoms with E-state index in [2.05, 4.69) is 18.7 Å². The Labute approximate surface area is 191 Å². The number of carbonyl (C=O) groups excluding carboxylic acids is 2. The van der Waals surface area contributed by atoms with Gasteiger partial charge in [0.1, 0.15) is 0 Å². The summed E-state index contributed by atoms with van der Waals surface area (Å²) in [4.78, 5) is 30.5. The van der Waals surface area contributed by atoms with Crippen LogP contribution in [0, 0.1) is 19.3 Å². The van der Waals surface area contributed by atoms with Crippen molar-refractivity contribution in [1.29, 1.82) is 0 Å². The van der Waals surface area contributed by atoms with Gasteiger partial charge in [0.05, 0.1) is 11.6 Å². The number of nitrogens with zero attached hydrogens (tertiary/aromatic N) is 2. The Morgan fingerprint density at radius 1 is 1.00 bits per heavy atom. The molecule has 2 aromatic carbocycles. The summed E-state index contributed by atoms with van der Waals surface area (Å²) in [6, 6.07) is 13.1. The van der Waals surface area contributed by atoms with E-state index in [0.29, 0.717) is 5.69 Å². The molecule has 5 heteroatoms. The fraction of sp³-hybridized carbons (Fsp3) is 0.407. The third-order valence-electron chi connectivity index (χ3n) is 5.96. The molecule has 1 N–H and O–H groups in total. The summed E-state index contributed by atoms with van der Waals surface area (Å²) in [5.41, 5.74) is 4.01. The van der Waals surface area contributed by atoms with Gasteiger partial charge in [0.15, 0.2) is 11.5 Å². The number of amides is 1. The number of benzene rings is 2. The van der Waals surface area contributed by atoms with Crippen molar-refractivity contribution in [1.82, 2.24) is 0 Å². The third kappa shape index (κ3) is 4.29. The van der Waals surface area contributed by atoms with Gasteiger partial charge >= 0.3 is 0 Å². The first kappa shape index (κ1) is 23.6. The van der Waals surface area contributed by atoms with Crippen LogP contribution in [0.4, 0.5) is 11.4 Å². The first-order chi connectivity index (χ1) is 15.0. The lowest BCUT2D eigenvalue weighted by Crippen LogP contribution is -2.33. The van der Waals surface area contributed by atoms with Crippen LogP contribution in [0.15, 0.2) is 53.8 Å². The molecule has 1 amide bonds. The number of hydrogen-bond donors (Lipinski definition) is 1. The molecule has 0 aliphatic carbocycles. The van der Waals surface area contributed by atoms with Gasteiger partial charge in [0.2, 0.25) is 0 Å². The van der Waals surface area contributed by atoms with E-state index in [1.165, 1.54) is 0 Å². The van der Waals surface area contributed by atoms with Crippen LogP contribution in [0.5, 0.6) is 0 Å². The minimum Gasteiger partial charge on any atom is -0.503 e. The normalized spacial score (nSPS) is 16.7. The van der Waals surface area contributed by atoms with Gasteiger partial charge in [-0.1, -0.05) is 39.0 Å². The smallest absolute Gasteiger partial charge is 0.294 e. The topological polar surface area (TPSA) is 60.9 Å². The quantitative estimate of drug-likeness (QED) is 0.637. The molecule has 32 heavy (non-hydrogen) atoms. The lowest BCUT2D eigenvalue weighted by atomic mass is 9.82. The van der Waals surface area contributed by atoms with E-state index in [0.717, 1.165) is 35.5 Å². The second kappa shape index (κ2) is 8.81. The molecule has 0 spiro atoms. The summed E-state index contributed by atoms with van der Waals surface area (Å²) in [6.45, 7) is 15.4. The molecule has 0 radical (unpaired) electrons. The van der Waals surface area contributed by atoms with Gasteiger partial charge in [-0.2, -0.15) is 0 Å². The van der Waals surface area contributed by atoms with Gasteiger partial charge in [-0.15, -0.1) is 0 Å². The highest BCUT2D eigenvalue weighted by Crippen LogP contribution is 2.44. The first-order valence-electron chi connectivity index (χ1n) is 11.2. The zero-order valence-corrected chi connectivity index (χ0v) is 20.2. The Balaban J connectivity index is 2.18. The molecular weight excluding hydrogens is 400 g/mol. The number of aliphatic hydroxyl groups excluding tert-OH is 1. The number of carbonyl (C=O) groups is 2. The van der Waals surface area contributed by atoms with Crippen LogP contribution in [0.1, 0.15) is 57.4 Å². The van der Waals surface area contributed by atoms with Gasteiger partial charge < -0.3 is 10.0 Å². The number of Topliss-reactive ketones (excluding diaryl/α,β-unsaturated/α-hetero) is 1. The maximum atomic E-state index is 13.4. The molecule has 1 aliphatic heterocycles. The number of ketones is 1. The van der Waals surface area contributed by atoms with Crippen LogP contribution in [0.3, 0.4) is 0 Å². The maximum Gasteiger partial charge on any atom is 0.294 e. The Bertz CT molecular complexity index is 1040. The Hall–Kier alpha value is -3.08. The maximum absolute atomic E-state index is 13.4. The number of aliphatic hydroxyl groups is 1. The zero-order valence-electron chi connectivity index (χ0n) is 20.2. The SMILES string of the molecule is CCN(CC)c1ccc(C2C(C(=O)C(C)(C)C)=C(O)C(=O)N2c2cc(C)cc(C)c2)cc1. The minimum absolute atomic E-state index is 0.164. The summed E-state index contributed by atoms with van der Waals surface area (Å²) < 4.78 is 0. The van der Waals surface area contributed by atoms with Gasteiger partial charge in [0.25, 0.3) is 5.91 Å². The molecule has 0 bridgehead atoms. The van der Waals surface area contributed by atoms with Crippen LogP contribution in [0.2, 0.25) is 0 Å². The van der Waals surface area contributed by atoms with E-state index in [4.69, 9.17) is 0 Å². The average molecular weight is 435 g/mol. The van der Waals surface area contributed by atoms with Crippen molar-refractivity contribution in [3.8, 4) is 0 Å². The summed E-state index contributed by atoms with van der Waals surface area (Å²) in [5.74, 6) is -1.23. The van der Waals surface area contributed by atoms with Crippen LogP contribution >= 0.6 is 0 Å². The Morgan fingerprint density at radius 3 is 2.00 bits per heavy atom. The van der Waals surface area contributed by atoms with E-state index in [1.54, 1.807) is 25.7 Å². The average Bonchev–Trinajstić information content (AvgIpc) is 2.98. The fourth-order valence-corrected chi connectivity index (χ4v) is 4.37. The van der Waals surface area contributed by atoms with Gasteiger partial charge in [-0.05, 0) is 68.7 Å². The highest BCUT2D eigenvalue weighted by molar-refractivity contribution is 6.17. The molecule has 1 unspecified atom stereocenters. The predicted octanol–water partition coefficient (Wildman–Crippen LogP) is 5.66. The zero-order chi connectivity index (χ0) is 23.8. The second-order valence-electron chi connectivity index (χ2n) is 9.53. The van der Waals surface area contributed by atoms with Crippen molar-refractivity contribution in [2.45, 2.75) is 54.5 Å². The van der Waals surface area contributed by atoms with E-state index in [-0.39, 0.29) is 11.4 Å². The third-order valence-corrected chi connectivity index (χ3v) is 5.96. The largest absolute Gasteiger partial charge is 0.503 e. The molecule has 0 saturated carbocycles. The highest BCUT2D eigenvalue weighted by atomic mass is 16.3. The fourth-order valence-electron chi connectivity index (χ4n) is 4.37. The summed E-state index contributed by atoms with van der Waals surface area (Å²) in [7, 11) is 0. The number of rotatable bonds is 6. The Morgan fingerprint density at radius 2 is 1.53 bits per heavy atom. The minimum atomic E-state index is -0.735.